The third-order valence-corrected chi connectivity index (χ3v) is 4.56. The van der Waals surface area contributed by atoms with E-state index < -0.39 is 17.9 Å². The number of benzene rings is 2. The van der Waals surface area contributed by atoms with Crippen molar-refractivity contribution < 1.29 is 22.3 Å². The zero-order chi connectivity index (χ0) is 17.9. The van der Waals surface area contributed by atoms with Crippen LogP contribution in [0.3, 0.4) is 0 Å². The van der Waals surface area contributed by atoms with Crippen LogP contribution in [0.1, 0.15) is 31.2 Å². The fourth-order valence-corrected chi connectivity index (χ4v) is 3.09. The Kier molecular flexibility index (Phi) is 5.30. The summed E-state index contributed by atoms with van der Waals surface area (Å²) in [5, 5.41) is 0. The molecule has 134 valence electrons. The Balaban J connectivity index is 1.60. The average molecular weight is 352 g/mol. The van der Waals surface area contributed by atoms with Gasteiger partial charge in [-0.25, -0.2) is 4.39 Å². The second kappa shape index (κ2) is 7.46. The maximum atomic E-state index is 13.9. The SMILES string of the molecule is Fc1ccc(CCCC(C2CC2)C(F)(F)F)cc1Oc1ccccc1. The highest BCUT2D eigenvalue weighted by molar-refractivity contribution is 5.35. The lowest BCUT2D eigenvalue weighted by Gasteiger charge is -2.19. The lowest BCUT2D eigenvalue weighted by atomic mass is 9.94. The van der Waals surface area contributed by atoms with Crippen LogP contribution in [-0.4, -0.2) is 6.18 Å². The molecule has 1 atom stereocenters. The molecule has 0 saturated heterocycles. The molecule has 1 aliphatic rings. The summed E-state index contributed by atoms with van der Waals surface area (Å²) in [6, 6.07) is 13.3. The molecule has 1 saturated carbocycles. The van der Waals surface area contributed by atoms with E-state index in [2.05, 4.69) is 0 Å². The van der Waals surface area contributed by atoms with Crippen molar-refractivity contribution in [3.8, 4) is 11.5 Å². The first kappa shape index (κ1) is 17.8. The van der Waals surface area contributed by atoms with E-state index in [9.17, 15) is 17.6 Å². The predicted octanol–water partition coefficient (Wildman–Crippen LogP) is 6.53. The van der Waals surface area contributed by atoms with Crippen LogP contribution in [0.15, 0.2) is 48.5 Å². The summed E-state index contributed by atoms with van der Waals surface area (Å²) < 4.78 is 58.5. The fourth-order valence-electron chi connectivity index (χ4n) is 3.09. The Bertz CT molecular complexity index is 693. The molecule has 2 aromatic carbocycles. The first-order valence-corrected chi connectivity index (χ1v) is 8.51. The fraction of sp³-hybridized carbons (Fsp3) is 0.400. The number of hydrogen-bond acceptors (Lipinski definition) is 1. The first-order chi connectivity index (χ1) is 11.9. The topological polar surface area (TPSA) is 9.23 Å². The van der Waals surface area contributed by atoms with Crippen molar-refractivity contribution in [3.05, 3.63) is 59.9 Å². The van der Waals surface area contributed by atoms with Gasteiger partial charge in [0.15, 0.2) is 11.6 Å². The molecule has 25 heavy (non-hydrogen) atoms. The Labute approximate surface area is 144 Å². The molecule has 0 bridgehead atoms. The summed E-state index contributed by atoms with van der Waals surface area (Å²) in [5.41, 5.74) is 0.782. The number of ether oxygens (including phenoxy) is 1. The Morgan fingerprint density at radius 3 is 2.40 bits per heavy atom. The van der Waals surface area contributed by atoms with Gasteiger partial charge in [0.2, 0.25) is 0 Å². The van der Waals surface area contributed by atoms with Crippen LogP contribution < -0.4 is 4.74 Å². The lowest BCUT2D eigenvalue weighted by Crippen LogP contribution is -2.24. The molecular weight excluding hydrogens is 332 g/mol. The van der Waals surface area contributed by atoms with Crippen LogP contribution in [0.25, 0.3) is 0 Å². The van der Waals surface area contributed by atoms with E-state index in [-0.39, 0.29) is 18.1 Å². The molecule has 1 unspecified atom stereocenters. The van der Waals surface area contributed by atoms with Gasteiger partial charge in [0, 0.05) is 0 Å². The highest BCUT2D eigenvalue weighted by Gasteiger charge is 2.47. The smallest absolute Gasteiger partial charge is 0.392 e. The molecule has 1 nitrogen and oxygen atoms in total. The monoisotopic (exact) mass is 352 g/mol. The molecule has 0 aromatic heterocycles. The van der Waals surface area contributed by atoms with E-state index in [1.165, 1.54) is 6.07 Å². The van der Waals surface area contributed by atoms with Crippen molar-refractivity contribution in [2.45, 2.75) is 38.3 Å². The molecule has 0 spiro atoms. The van der Waals surface area contributed by atoms with Crippen molar-refractivity contribution in [1.29, 1.82) is 0 Å². The number of hydrogen-bond donors (Lipinski definition) is 0. The van der Waals surface area contributed by atoms with E-state index in [0.29, 0.717) is 31.4 Å². The maximum absolute atomic E-state index is 13.9. The van der Waals surface area contributed by atoms with Crippen molar-refractivity contribution in [2.24, 2.45) is 11.8 Å². The van der Waals surface area contributed by atoms with Crippen LogP contribution in [-0.2, 0) is 6.42 Å². The maximum Gasteiger partial charge on any atom is 0.392 e. The van der Waals surface area contributed by atoms with E-state index in [4.69, 9.17) is 4.74 Å². The van der Waals surface area contributed by atoms with Gasteiger partial charge in [-0.15, -0.1) is 0 Å². The zero-order valence-corrected chi connectivity index (χ0v) is 13.7. The molecule has 0 heterocycles. The van der Waals surface area contributed by atoms with Crippen LogP contribution in [0, 0.1) is 17.7 Å². The summed E-state index contributed by atoms with van der Waals surface area (Å²) in [5.74, 6) is -1.28. The Morgan fingerprint density at radius 2 is 1.76 bits per heavy atom. The molecule has 5 heteroatoms. The van der Waals surface area contributed by atoms with Gasteiger partial charge in [-0.05, 0) is 67.9 Å². The van der Waals surface area contributed by atoms with E-state index in [1.807, 2.05) is 6.07 Å². The number of halogens is 4. The summed E-state index contributed by atoms with van der Waals surface area (Å²) in [4.78, 5) is 0. The minimum atomic E-state index is -4.12. The quantitative estimate of drug-likeness (QED) is 0.515. The highest BCUT2D eigenvalue weighted by atomic mass is 19.4. The number of aryl methyl sites for hydroxylation is 1. The molecule has 1 aliphatic carbocycles. The standard InChI is InChI=1S/C20H20F4O/c21-18-12-9-14(13-19(18)25-16-6-2-1-3-7-16)5-4-8-17(15-10-11-15)20(22,23)24/h1-3,6-7,9,12-13,15,17H,4-5,8,10-11H2. The van der Waals surface area contributed by atoms with Crippen LogP contribution in [0.5, 0.6) is 11.5 Å². The minimum Gasteiger partial charge on any atom is -0.454 e. The van der Waals surface area contributed by atoms with Crippen molar-refractivity contribution in [2.75, 3.05) is 0 Å². The Morgan fingerprint density at radius 1 is 1.04 bits per heavy atom. The van der Waals surface area contributed by atoms with Gasteiger partial charge in [-0.3, -0.25) is 0 Å². The molecule has 0 aliphatic heterocycles. The van der Waals surface area contributed by atoms with Crippen molar-refractivity contribution >= 4 is 0 Å². The first-order valence-electron chi connectivity index (χ1n) is 8.51. The van der Waals surface area contributed by atoms with Gasteiger partial charge < -0.3 is 4.74 Å². The van der Waals surface area contributed by atoms with Gasteiger partial charge >= 0.3 is 6.18 Å². The largest absolute Gasteiger partial charge is 0.454 e. The van der Waals surface area contributed by atoms with Crippen molar-refractivity contribution in [3.63, 3.8) is 0 Å². The van der Waals surface area contributed by atoms with Gasteiger partial charge in [-0.2, -0.15) is 13.2 Å². The summed E-state index contributed by atoms with van der Waals surface area (Å²) in [6.07, 6.45) is -1.74. The van der Waals surface area contributed by atoms with Crippen LogP contribution in [0.4, 0.5) is 17.6 Å². The number of alkyl halides is 3. The Hall–Kier alpha value is -2.04. The number of rotatable bonds is 7. The molecule has 1 fully saturated rings. The zero-order valence-electron chi connectivity index (χ0n) is 13.7. The lowest BCUT2D eigenvalue weighted by molar-refractivity contribution is -0.182. The summed E-state index contributed by atoms with van der Waals surface area (Å²) in [6.45, 7) is 0. The summed E-state index contributed by atoms with van der Waals surface area (Å²) in [7, 11) is 0. The third kappa shape index (κ3) is 4.97. The van der Waals surface area contributed by atoms with Gasteiger partial charge in [0.05, 0.1) is 5.92 Å². The predicted molar refractivity (Wildman–Crippen MR) is 88.1 cm³/mol. The van der Waals surface area contributed by atoms with E-state index in [0.717, 1.165) is 5.56 Å². The average Bonchev–Trinajstić information content (AvgIpc) is 3.39. The molecule has 3 rings (SSSR count). The normalized spacial score (nSPS) is 15.8. The van der Waals surface area contributed by atoms with E-state index >= 15 is 0 Å². The summed E-state index contributed by atoms with van der Waals surface area (Å²) >= 11 is 0. The molecule has 0 amide bonds. The second-order valence-corrected chi connectivity index (χ2v) is 6.56. The van der Waals surface area contributed by atoms with Gasteiger partial charge in [0.25, 0.3) is 0 Å². The van der Waals surface area contributed by atoms with Crippen LogP contribution in [0.2, 0.25) is 0 Å². The third-order valence-electron chi connectivity index (χ3n) is 4.56. The molecular formula is C20H20F4O. The second-order valence-electron chi connectivity index (χ2n) is 6.56. The van der Waals surface area contributed by atoms with E-state index in [1.54, 1.807) is 36.4 Å². The number of para-hydroxylation sites is 1. The molecule has 2 aromatic rings. The molecule has 0 radical (unpaired) electrons. The minimum absolute atomic E-state index is 0.0956. The van der Waals surface area contributed by atoms with Crippen molar-refractivity contribution in [1.82, 2.24) is 0 Å². The highest BCUT2D eigenvalue weighted by Crippen LogP contribution is 2.47. The van der Waals surface area contributed by atoms with Crippen LogP contribution >= 0.6 is 0 Å². The van der Waals surface area contributed by atoms with Gasteiger partial charge in [0.1, 0.15) is 5.75 Å². The van der Waals surface area contributed by atoms with Gasteiger partial charge in [-0.1, -0.05) is 24.3 Å². The molecule has 0 N–H and O–H groups in total.